The van der Waals surface area contributed by atoms with Crippen LogP contribution in [0.2, 0.25) is 0 Å². The van der Waals surface area contributed by atoms with Gasteiger partial charge in [0.25, 0.3) is 0 Å². The van der Waals surface area contributed by atoms with Crippen LogP contribution in [0, 0.1) is 6.92 Å². The molecule has 1 rings (SSSR count). The number of unbranched alkanes of at least 4 members (excludes halogenated alkanes) is 14. The summed E-state index contributed by atoms with van der Waals surface area (Å²) < 4.78 is 7.47. The number of aromatic nitrogens is 1. The molecule has 0 aliphatic rings. The molecule has 1 aromatic rings. The minimum atomic E-state index is -0.0778. The van der Waals surface area contributed by atoms with E-state index in [0.29, 0.717) is 12.4 Å². The van der Waals surface area contributed by atoms with Crippen molar-refractivity contribution in [3.8, 4) is 5.75 Å². The third-order valence-corrected chi connectivity index (χ3v) is 5.66. The predicted octanol–water partition coefficient (Wildman–Crippen LogP) is 8.06. The molecule has 3 heteroatoms. The highest BCUT2D eigenvalue weighted by molar-refractivity contribution is 5.35. The minimum absolute atomic E-state index is 0.0778. The van der Waals surface area contributed by atoms with Gasteiger partial charge in [0.15, 0.2) is 5.75 Å². The van der Waals surface area contributed by atoms with E-state index in [1.165, 1.54) is 89.9 Å². The average Bonchev–Trinajstić information content (AvgIpc) is 2.74. The number of nitrogens with zero attached hydrogens (tertiary/aromatic N) is 1. The van der Waals surface area contributed by atoms with Crippen molar-refractivity contribution in [2.75, 3.05) is 6.61 Å². The van der Waals surface area contributed by atoms with Gasteiger partial charge >= 0.3 is 0 Å². The highest BCUT2D eigenvalue weighted by Gasteiger charge is 2.06. The highest BCUT2D eigenvalue weighted by atomic mass is 16.5. The molecule has 0 radical (unpaired) electrons. The van der Waals surface area contributed by atoms with Crippen molar-refractivity contribution in [2.24, 2.45) is 0 Å². The Hall–Kier alpha value is -1.77. The van der Waals surface area contributed by atoms with Crippen LogP contribution in [0.15, 0.2) is 35.8 Å². The van der Waals surface area contributed by atoms with Crippen LogP contribution in [0.4, 0.5) is 0 Å². The Kier molecular flexibility index (Phi) is 15.8. The first-order valence-electron chi connectivity index (χ1n) is 12.3. The molecule has 1 aromatic heterocycles. The fourth-order valence-electron chi connectivity index (χ4n) is 3.76. The molecule has 0 saturated heterocycles. The number of allylic oxidation sites excluding steroid dienone is 1. The molecule has 0 atom stereocenters. The van der Waals surface area contributed by atoms with E-state index in [4.69, 9.17) is 4.74 Å². The summed E-state index contributed by atoms with van der Waals surface area (Å²) in [5, 5.41) is 0. The van der Waals surface area contributed by atoms with Crippen LogP contribution >= 0.6 is 0 Å². The monoisotopic (exact) mass is 415 g/mol. The molecule has 0 saturated carbocycles. The Morgan fingerprint density at radius 3 is 1.97 bits per heavy atom. The Bertz CT molecular complexity index is 645. The summed E-state index contributed by atoms with van der Waals surface area (Å²) in [6.07, 6.45) is 28.2. The molecule has 1 heterocycles. The minimum Gasteiger partial charge on any atom is -0.484 e. The van der Waals surface area contributed by atoms with Gasteiger partial charge in [-0.05, 0) is 19.8 Å². The molecular formula is C27H45NO2. The lowest BCUT2D eigenvalue weighted by Gasteiger charge is -2.10. The van der Waals surface area contributed by atoms with E-state index in [1.54, 1.807) is 18.3 Å². The summed E-state index contributed by atoms with van der Waals surface area (Å²) in [6, 6.07) is 1.56. The van der Waals surface area contributed by atoms with Gasteiger partial charge in [0.2, 0.25) is 5.43 Å². The summed E-state index contributed by atoms with van der Waals surface area (Å²) in [5.74, 6) is 0.415. The topological polar surface area (TPSA) is 31.2 Å². The van der Waals surface area contributed by atoms with E-state index in [-0.39, 0.29) is 5.43 Å². The molecule has 0 aromatic carbocycles. The number of hydrogen-bond acceptors (Lipinski definition) is 2. The third-order valence-electron chi connectivity index (χ3n) is 5.66. The maximum atomic E-state index is 11.9. The van der Waals surface area contributed by atoms with Crippen molar-refractivity contribution < 1.29 is 4.74 Å². The van der Waals surface area contributed by atoms with Gasteiger partial charge in [-0.15, -0.1) is 0 Å². The molecule has 0 aliphatic heterocycles. The fraction of sp³-hybridized carbons (Fsp3) is 0.667. The summed E-state index contributed by atoms with van der Waals surface area (Å²) in [4.78, 5) is 11.9. The standard InChI is InChI=1S/C27H45NO2/c1-4-6-7-8-9-10-11-12-13-14-15-16-17-18-19-20-22-28-23-21-26(29)27(25(28)3)30-24-5-2/h5,20-23H,2,4,6-19,24H2,1,3H3. The summed E-state index contributed by atoms with van der Waals surface area (Å²) >= 11 is 0. The second-order valence-electron chi connectivity index (χ2n) is 8.37. The van der Waals surface area contributed by atoms with E-state index >= 15 is 0 Å². The molecular weight excluding hydrogens is 370 g/mol. The zero-order valence-electron chi connectivity index (χ0n) is 19.7. The zero-order chi connectivity index (χ0) is 21.9. The van der Waals surface area contributed by atoms with Crippen LogP contribution in [0.5, 0.6) is 5.75 Å². The van der Waals surface area contributed by atoms with Gasteiger partial charge in [0.05, 0.1) is 5.69 Å². The Morgan fingerprint density at radius 2 is 1.43 bits per heavy atom. The van der Waals surface area contributed by atoms with Crippen LogP contribution < -0.4 is 10.2 Å². The first-order valence-corrected chi connectivity index (χ1v) is 12.3. The molecule has 30 heavy (non-hydrogen) atoms. The number of hydrogen-bond donors (Lipinski definition) is 0. The van der Waals surface area contributed by atoms with Crippen LogP contribution in [0.25, 0.3) is 6.20 Å². The summed E-state index contributed by atoms with van der Waals surface area (Å²) in [6.45, 7) is 8.18. The fourth-order valence-corrected chi connectivity index (χ4v) is 3.76. The van der Waals surface area contributed by atoms with Crippen molar-refractivity contribution in [3.05, 3.63) is 46.9 Å². The van der Waals surface area contributed by atoms with Crippen molar-refractivity contribution in [2.45, 2.75) is 110 Å². The molecule has 0 bridgehead atoms. The molecule has 3 nitrogen and oxygen atoms in total. The van der Waals surface area contributed by atoms with Gasteiger partial charge in [-0.3, -0.25) is 4.79 Å². The first kappa shape index (κ1) is 26.3. The van der Waals surface area contributed by atoms with E-state index in [1.807, 2.05) is 17.7 Å². The average molecular weight is 416 g/mol. The van der Waals surface area contributed by atoms with Gasteiger partial charge in [-0.2, -0.15) is 0 Å². The lowest BCUT2D eigenvalue weighted by molar-refractivity contribution is 0.354. The molecule has 170 valence electrons. The van der Waals surface area contributed by atoms with Crippen molar-refractivity contribution in [3.63, 3.8) is 0 Å². The Balaban J connectivity index is 2.05. The van der Waals surface area contributed by atoms with Crippen molar-refractivity contribution in [1.82, 2.24) is 4.57 Å². The number of rotatable bonds is 19. The van der Waals surface area contributed by atoms with Crippen LogP contribution in [-0.4, -0.2) is 11.2 Å². The van der Waals surface area contributed by atoms with Gasteiger partial charge < -0.3 is 9.30 Å². The van der Waals surface area contributed by atoms with Crippen LogP contribution in [0.3, 0.4) is 0 Å². The largest absolute Gasteiger partial charge is 0.484 e. The molecule has 0 unspecified atom stereocenters. The van der Waals surface area contributed by atoms with Gasteiger partial charge in [0.1, 0.15) is 6.61 Å². The summed E-state index contributed by atoms with van der Waals surface area (Å²) in [5.41, 5.74) is 0.757. The molecule has 0 aliphatic carbocycles. The SMILES string of the molecule is C=CCOc1c(C)n(C=CCCCCCCCCCCCCCCCC)ccc1=O. The van der Waals surface area contributed by atoms with E-state index in [0.717, 1.165) is 12.1 Å². The maximum absolute atomic E-state index is 11.9. The molecule has 0 fully saturated rings. The zero-order valence-corrected chi connectivity index (χ0v) is 19.7. The van der Waals surface area contributed by atoms with Gasteiger partial charge in [-0.1, -0.05) is 109 Å². The van der Waals surface area contributed by atoms with Gasteiger partial charge in [-0.25, -0.2) is 0 Å². The quantitative estimate of drug-likeness (QED) is 0.169. The van der Waals surface area contributed by atoms with Crippen molar-refractivity contribution in [1.29, 1.82) is 0 Å². The van der Waals surface area contributed by atoms with Crippen LogP contribution in [0.1, 0.15) is 109 Å². The second-order valence-corrected chi connectivity index (χ2v) is 8.37. The van der Waals surface area contributed by atoms with Crippen molar-refractivity contribution >= 4 is 6.20 Å². The third kappa shape index (κ3) is 12.0. The van der Waals surface area contributed by atoms with Crippen LogP contribution in [-0.2, 0) is 0 Å². The molecule has 0 N–H and O–H groups in total. The normalized spacial score (nSPS) is 11.3. The predicted molar refractivity (Wildman–Crippen MR) is 131 cm³/mol. The number of ether oxygens (including phenoxy) is 1. The van der Waals surface area contributed by atoms with E-state index < -0.39 is 0 Å². The van der Waals surface area contributed by atoms with E-state index in [9.17, 15) is 4.79 Å². The van der Waals surface area contributed by atoms with Gasteiger partial charge in [0, 0.05) is 18.5 Å². The first-order chi connectivity index (χ1) is 14.7. The highest BCUT2D eigenvalue weighted by Crippen LogP contribution is 2.15. The maximum Gasteiger partial charge on any atom is 0.223 e. The summed E-state index contributed by atoms with van der Waals surface area (Å²) in [7, 11) is 0. The molecule has 0 spiro atoms. The molecule has 0 amide bonds. The Morgan fingerprint density at radius 1 is 0.900 bits per heavy atom. The lowest BCUT2D eigenvalue weighted by atomic mass is 10.0. The smallest absolute Gasteiger partial charge is 0.223 e. The Labute approximate surface area is 185 Å². The number of pyridine rings is 1. The lowest BCUT2D eigenvalue weighted by Crippen LogP contribution is -2.12. The van der Waals surface area contributed by atoms with E-state index in [2.05, 4.69) is 19.6 Å². The second kappa shape index (κ2) is 18.0.